The molecule has 5 nitrogen and oxygen atoms in total. The molecule has 0 spiro atoms. The SMILES string of the molecule is Cn1cc(-c2cc[nH]c2)nc1CCC(=O)O. The minimum absolute atomic E-state index is 0.109. The molecule has 0 amide bonds. The van der Waals surface area contributed by atoms with Gasteiger partial charge in [0.05, 0.1) is 12.1 Å². The quantitative estimate of drug-likeness (QED) is 0.817. The van der Waals surface area contributed by atoms with Crippen LogP contribution < -0.4 is 0 Å². The van der Waals surface area contributed by atoms with Gasteiger partial charge in [0.2, 0.25) is 0 Å². The van der Waals surface area contributed by atoms with Gasteiger partial charge < -0.3 is 14.7 Å². The fourth-order valence-electron chi connectivity index (χ4n) is 1.58. The molecule has 0 bridgehead atoms. The number of carboxylic acids is 1. The predicted molar refractivity (Wildman–Crippen MR) is 59.0 cm³/mol. The molecule has 2 N–H and O–H groups in total. The van der Waals surface area contributed by atoms with Crippen molar-refractivity contribution in [2.24, 2.45) is 7.05 Å². The van der Waals surface area contributed by atoms with E-state index in [0.29, 0.717) is 6.42 Å². The number of carboxylic acid groups (broad SMARTS) is 1. The van der Waals surface area contributed by atoms with Crippen molar-refractivity contribution in [2.75, 3.05) is 0 Å². The van der Waals surface area contributed by atoms with Crippen LogP contribution in [0, 0.1) is 0 Å². The lowest BCUT2D eigenvalue weighted by Gasteiger charge is -1.97. The Balaban J connectivity index is 2.19. The van der Waals surface area contributed by atoms with Crippen molar-refractivity contribution in [1.82, 2.24) is 14.5 Å². The van der Waals surface area contributed by atoms with Crippen molar-refractivity contribution in [3.63, 3.8) is 0 Å². The number of aliphatic carboxylic acids is 1. The van der Waals surface area contributed by atoms with E-state index in [2.05, 4.69) is 9.97 Å². The fourth-order valence-corrected chi connectivity index (χ4v) is 1.58. The second kappa shape index (κ2) is 4.22. The average molecular weight is 219 g/mol. The van der Waals surface area contributed by atoms with E-state index in [0.717, 1.165) is 17.1 Å². The van der Waals surface area contributed by atoms with Gasteiger partial charge in [0.25, 0.3) is 0 Å². The number of imidazole rings is 1. The summed E-state index contributed by atoms with van der Waals surface area (Å²) < 4.78 is 1.87. The van der Waals surface area contributed by atoms with Crippen molar-refractivity contribution in [1.29, 1.82) is 0 Å². The maximum atomic E-state index is 10.5. The Kier molecular flexibility index (Phi) is 2.76. The van der Waals surface area contributed by atoms with Crippen molar-refractivity contribution in [3.8, 4) is 11.3 Å². The van der Waals surface area contributed by atoms with Gasteiger partial charge in [-0.05, 0) is 6.07 Å². The Morgan fingerprint density at radius 2 is 2.44 bits per heavy atom. The standard InChI is InChI=1S/C11H13N3O2/c1-14-7-9(8-4-5-12-6-8)13-10(14)2-3-11(15)16/h4-7,12H,2-3H2,1H3,(H,15,16). The van der Waals surface area contributed by atoms with Crippen LogP contribution in [-0.4, -0.2) is 25.6 Å². The van der Waals surface area contributed by atoms with Gasteiger partial charge in [0.1, 0.15) is 5.82 Å². The van der Waals surface area contributed by atoms with Crippen LogP contribution in [0.3, 0.4) is 0 Å². The molecule has 0 fully saturated rings. The first-order valence-electron chi connectivity index (χ1n) is 5.04. The van der Waals surface area contributed by atoms with Gasteiger partial charge in [-0.1, -0.05) is 0 Å². The molecular weight excluding hydrogens is 206 g/mol. The Morgan fingerprint density at radius 3 is 3.06 bits per heavy atom. The Labute approximate surface area is 92.8 Å². The molecule has 0 aliphatic carbocycles. The number of nitrogens with zero attached hydrogens (tertiary/aromatic N) is 2. The maximum Gasteiger partial charge on any atom is 0.303 e. The van der Waals surface area contributed by atoms with Crippen LogP contribution in [0.2, 0.25) is 0 Å². The lowest BCUT2D eigenvalue weighted by Crippen LogP contribution is -2.02. The van der Waals surface area contributed by atoms with Crippen LogP contribution in [0.25, 0.3) is 11.3 Å². The molecule has 2 aromatic rings. The summed E-state index contributed by atoms with van der Waals surface area (Å²) in [5.74, 6) is -0.00945. The van der Waals surface area contributed by atoms with E-state index in [1.165, 1.54) is 0 Å². The first-order valence-corrected chi connectivity index (χ1v) is 5.04. The van der Waals surface area contributed by atoms with Crippen LogP contribution in [0.1, 0.15) is 12.2 Å². The summed E-state index contributed by atoms with van der Waals surface area (Å²) in [6, 6.07) is 1.93. The van der Waals surface area contributed by atoms with E-state index >= 15 is 0 Å². The summed E-state index contributed by atoms with van der Waals surface area (Å²) in [7, 11) is 1.88. The van der Waals surface area contributed by atoms with Gasteiger partial charge >= 0.3 is 5.97 Å². The Bertz CT molecular complexity index is 485. The molecule has 0 saturated carbocycles. The fraction of sp³-hybridized carbons (Fsp3) is 0.273. The zero-order valence-corrected chi connectivity index (χ0v) is 8.97. The summed E-state index contributed by atoms with van der Waals surface area (Å²) >= 11 is 0. The van der Waals surface area contributed by atoms with Crippen LogP contribution in [0.4, 0.5) is 0 Å². The third-order valence-corrected chi connectivity index (χ3v) is 2.43. The van der Waals surface area contributed by atoms with Crippen LogP contribution in [0.5, 0.6) is 0 Å². The van der Waals surface area contributed by atoms with Gasteiger partial charge in [-0.25, -0.2) is 4.98 Å². The molecule has 0 unspecified atom stereocenters. The minimum atomic E-state index is -0.800. The van der Waals surface area contributed by atoms with Gasteiger partial charge in [0, 0.05) is 37.6 Å². The lowest BCUT2D eigenvalue weighted by molar-refractivity contribution is -0.137. The van der Waals surface area contributed by atoms with E-state index in [9.17, 15) is 4.79 Å². The number of aromatic nitrogens is 3. The van der Waals surface area contributed by atoms with Crippen LogP contribution in [0.15, 0.2) is 24.7 Å². The first-order chi connectivity index (χ1) is 7.66. The number of carbonyl (C=O) groups is 1. The highest BCUT2D eigenvalue weighted by Crippen LogP contribution is 2.17. The molecule has 0 saturated heterocycles. The number of rotatable bonds is 4. The smallest absolute Gasteiger partial charge is 0.303 e. The lowest BCUT2D eigenvalue weighted by atomic mass is 10.3. The monoisotopic (exact) mass is 219 g/mol. The van der Waals surface area contributed by atoms with E-state index < -0.39 is 5.97 Å². The molecule has 0 radical (unpaired) electrons. The van der Waals surface area contributed by atoms with E-state index in [-0.39, 0.29) is 6.42 Å². The summed E-state index contributed by atoms with van der Waals surface area (Å²) in [6.07, 6.45) is 6.16. The molecule has 2 aromatic heterocycles. The zero-order chi connectivity index (χ0) is 11.5. The normalized spacial score (nSPS) is 10.6. The van der Waals surface area contributed by atoms with Crippen LogP contribution >= 0.6 is 0 Å². The van der Waals surface area contributed by atoms with Crippen molar-refractivity contribution in [2.45, 2.75) is 12.8 Å². The van der Waals surface area contributed by atoms with Crippen molar-refractivity contribution >= 4 is 5.97 Å². The molecule has 0 aromatic carbocycles. The molecule has 2 heterocycles. The van der Waals surface area contributed by atoms with E-state index in [1.54, 1.807) is 0 Å². The second-order valence-electron chi connectivity index (χ2n) is 3.65. The molecule has 5 heteroatoms. The van der Waals surface area contributed by atoms with E-state index in [4.69, 9.17) is 5.11 Å². The number of hydrogen-bond acceptors (Lipinski definition) is 2. The maximum absolute atomic E-state index is 10.5. The third kappa shape index (κ3) is 2.13. The molecule has 84 valence electrons. The largest absolute Gasteiger partial charge is 0.481 e. The second-order valence-corrected chi connectivity index (χ2v) is 3.65. The van der Waals surface area contributed by atoms with Gasteiger partial charge in [-0.15, -0.1) is 0 Å². The molecule has 0 aliphatic heterocycles. The average Bonchev–Trinajstić information content (AvgIpc) is 2.83. The molecule has 0 atom stereocenters. The minimum Gasteiger partial charge on any atom is -0.481 e. The molecular formula is C11H13N3O2. The van der Waals surface area contributed by atoms with Crippen molar-refractivity contribution < 1.29 is 9.90 Å². The molecule has 2 rings (SSSR count). The van der Waals surface area contributed by atoms with Crippen LogP contribution in [-0.2, 0) is 18.3 Å². The highest BCUT2D eigenvalue weighted by molar-refractivity contribution is 5.67. The number of aryl methyl sites for hydroxylation is 2. The highest BCUT2D eigenvalue weighted by Gasteiger charge is 2.08. The summed E-state index contributed by atoms with van der Waals surface area (Å²) in [5, 5.41) is 8.61. The summed E-state index contributed by atoms with van der Waals surface area (Å²) in [4.78, 5) is 17.8. The number of nitrogens with one attached hydrogen (secondary N) is 1. The first kappa shape index (κ1) is 10.5. The predicted octanol–water partition coefficient (Wildman–Crippen LogP) is 1.43. The van der Waals surface area contributed by atoms with Crippen molar-refractivity contribution in [3.05, 3.63) is 30.5 Å². The van der Waals surface area contributed by atoms with Gasteiger partial charge in [-0.2, -0.15) is 0 Å². The number of H-pyrrole nitrogens is 1. The highest BCUT2D eigenvalue weighted by atomic mass is 16.4. The summed E-state index contributed by atoms with van der Waals surface area (Å²) in [5.41, 5.74) is 1.88. The zero-order valence-electron chi connectivity index (χ0n) is 8.97. The Hall–Kier alpha value is -2.04. The summed E-state index contributed by atoms with van der Waals surface area (Å²) in [6.45, 7) is 0. The topological polar surface area (TPSA) is 70.9 Å². The molecule has 16 heavy (non-hydrogen) atoms. The number of hydrogen-bond donors (Lipinski definition) is 2. The number of aromatic amines is 1. The Morgan fingerprint density at radius 1 is 1.62 bits per heavy atom. The van der Waals surface area contributed by atoms with E-state index in [1.807, 2.05) is 36.3 Å². The van der Waals surface area contributed by atoms with Gasteiger partial charge in [-0.3, -0.25) is 4.79 Å². The van der Waals surface area contributed by atoms with Gasteiger partial charge in [0.15, 0.2) is 0 Å². The molecule has 0 aliphatic rings. The third-order valence-electron chi connectivity index (χ3n) is 2.43.